The molecular weight excluding hydrogens is 326 g/mol. The SMILES string of the molecule is CCC(=O)Nc1ccc(Cl)c(NC(=O)N(CCC(C)C)C2CC2)c1. The number of urea groups is 1. The van der Waals surface area contributed by atoms with Crippen LogP contribution in [0.15, 0.2) is 18.2 Å². The summed E-state index contributed by atoms with van der Waals surface area (Å²) in [6.07, 6.45) is 3.50. The van der Waals surface area contributed by atoms with Crippen LogP contribution in [0, 0.1) is 5.92 Å². The Kier molecular flexibility index (Phi) is 6.49. The normalized spacial score (nSPS) is 13.7. The minimum atomic E-state index is -0.126. The van der Waals surface area contributed by atoms with Crippen molar-refractivity contribution in [2.24, 2.45) is 5.92 Å². The summed E-state index contributed by atoms with van der Waals surface area (Å²) in [5, 5.41) is 6.12. The molecule has 0 bridgehead atoms. The minimum Gasteiger partial charge on any atom is -0.326 e. The molecule has 6 heteroatoms. The van der Waals surface area contributed by atoms with Crippen LogP contribution in [0.4, 0.5) is 16.2 Å². The van der Waals surface area contributed by atoms with Gasteiger partial charge in [-0.05, 0) is 43.4 Å². The molecule has 1 aromatic carbocycles. The van der Waals surface area contributed by atoms with E-state index in [9.17, 15) is 9.59 Å². The monoisotopic (exact) mass is 351 g/mol. The number of hydrogen-bond acceptors (Lipinski definition) is 2. The molecule has 2 rings (SSSR count). The van der Waals surface area contributed by atoms with Crippen molar-refractivity contribution in [3.05, 3.63) is 23.2 Å². The molecular formula is C18H26ClN3O2. The number of benzene rings is 1. The van der Waals surface area contributed by atoms with E-state index in [-0.39, 0.29) is 11.9 Å². The van der Waals surface area contributed by atoms with Gasteiger partial charge in [0.25, 0.3) is 0 Å². The summed E-state index contributed by atoms with van der Waals surface area (Å²) in [7, 11) is 0. The predicted molar refractivity (Wildman–Crippen MR) is 98.6 cm³/mol. The van der Waals surface area contributed by atoms with Gasteiger partial charge in [-0.15, -0.1) is 0 Å². The number of anilines is 2. The molecule has 0 radical (unpaired) electrons. The van der Waals surface area contributed by atoms with Crippen molar-refractivity contribution in [3.63, 3.8) is 0 Å². The number of nitrogens with one attached hydrogen (secondary N) is 2. The van der Waals surface area contributed by atoms with Crippen LogP contribution >= 0.6 is 11.6 Å². The Morgan fingerprint density at radius 1 is 1.29 bits per heavy atom. The third-order valence-electron chi connectivity index (χ3n) is 4.01. The van der Waals surface area contributed by atoms with Gasteiger partial charge in [0.05, 0.1) is 10.7 Å². The zero-order chi connectivity index (χ0) is 17.7. The van der Waals surface area contributed by atoms with E-state index in [1.54, 1.807) is 25.1 Å². The quantitative estimate of drug-likeness (QED) is 0.745. The molecule has 0 saturated heterocycles. The molecule has 0 spiro atoms. The van der Waals surface area contributed by atoms with Gasteiger partial charge in [0.2, 0.25) is 5.91 Å². The number of nitrogens with zero attached hydrogens (tertiary/aromatic N) is 1. The Hall–Kier alpha value is -1.75. The summed E-state index contributed by atoms with van der Waals surface area (Å²) >= 11 is 6.19. The summed E-state index contributed by atoms with van der Waals surface area (Å²) in [6, 6.07) is 5.31. The summed E-state index contributed by atoms with van der Waals surface area (Å²) in [5.41, 5.74) is 1.15. The summed E-state index contributed by atoms with van der Waals surface area (Å²) < 4.78 is 0. The van der Waals surface area contributed by atoms with E-state index in [2.05, 4.69) is 24.5 Å². The third-order valence-corrected chi connectivity index (χ3v) is 4.34. The van der Waals surface area contributed by atoms with Gasteiger partial charge in [-0.2, -0.15) is 0 Å². The first kappa shape index (κ1) is 18.6. The van der Waals surface area contributed by atoms with Crippen LogP contribution in [0.5, 0.6) is 0 Å². The Morgan fingerprint density at radius 2 is 2.00 bits per heavy atom. The Bertz CT molecular complexity index is 600. The lowest BCUT2D eigenvalue weighted by molar-refractivity contribution is -0.115. The number of amides is 3. The second-order valence-corrected chi connectivity index (χ2v) is 7.04. The number of hydrogen-bond donors (Lipinski definition) is 2. The van der Waals surface area contributed by atoms with Crippen LogP contribution in [-0.2, 0) is 4.79 Å². The molecule has 24 heavy (non-hydrogen) atoms. The summed E-state index contributed by atoms with van der Waals surface area (Å²) in [4.78, 5) is 26.0. The maximum Gasteiger partial charge on any atom is 0.322 e. The predicted octanol–water partition coefficient (Wildman–Crippen LogP) is 4.73. The number of halogens is 1. The molecule has 0 atom stereocenters. The first-order valence-electron chi connectivity index (χ1n) is 8.57. The molecule has 3 amide bonds. The van der Waals surface area contributed by atoms with E-state index >= 15 is 0 Å². The topological polar surface area (TPSA) is 61.4 Å². The van der Waals surface area contributed by atoms with Crippen LogP contribution in [0.1, 0.15) is 46.5 Å². The molecule has 1 aromatic rings. The lowest BCUT2D eigenvalue weighted by Gasteiger charge is -2.24. The summed E-state index contributed by atoms with van der Waals surface area (Å²) in [6.45, 7) is 6.84. The van der Waals surface area contributed by atoms with Gasteiger partial charge in [-0.3, -0.25) is 4.79 Å². The van der Waals surface area contributed by atoms with Crippen LogP contribution < -0.4 is 10.6 Å². The second-order valence-electron chi connectivity index (χ2n) is 6.63. The fourth-order valence-electron chi connectivity index (χ4n) is 2.37. The maximum atomic E-state index is 12.6. The van der Waals surface area contributed by atoms with Crippen LogP contribution in [-0.4, -0.2) is 29.4 Å². The molecule has 132 valence electrons. The van der Waals surface area contributed by atoms with Crippen molar-refractivity contribution < 1.29 is 9.59 Å². The van der Waals surface area contributed by atoms with E-state index in [1.807, 2.05) is 4.90 Å². The number of rotatable bonds is 7. The highest BCUT2D eigenvalue weighted by atomic mass is 35.5. The Morgan fingerprint density at radius 3 is 2.58 bits per heavy atom. The molecule has 1 saturated carbocycles. The van der Waals surface area contributed by atoms with Gasteiger partial charge in [0, 0.05) is 24.7 Å². The van der Waals surface area contributed by atoms with E-state index < -0.39 is 0 Å². The minimum absolute atomic E-state index is 0.0776. The van der Waals surface area contributed by atoms with E-state index in [4.69, 9.17) is 11.6 Å². The zero-order valence-corrected chi connectivity index (χ0v) is 15.3. The van der Waals surface area contributed by atoms with E-state index in [1.165, 1.54) is 0 Å². The number of carbonyl (C=O) groups excluding carboxylic acids is 2. The lowest BCUT2D eigenvalue weighted by Crippen LogP contribution is -2.38. The van der Waals surface area contributed by atoms with Gasteiger partial charge in [0.15, 0.2) is 0 Å². The summed E-state index contributed by atoms with van der Waals surface area (Å²) in [5.74, 6) is 0.473. The molecule has 0 aliphatic heterocycles. The first-order chi connectivity index (χ1) is 11.4. The standard InChI is InChI=1S/C18H26ClN3O2/c1-4-17(23)20-13-5-8-15(19)16(11-13)21-18(24)22(14-6-7-14)10-9-12(2)3/h5,8,11-12,14H,4,6-7,9-10H2,1-3H3,(H,20,23)(H,21,24). The first-order valence-corrected chi connectivity index (χ1v) is 8.95. The molecule has 1 fully saturated rings. The average molecular weight is 352 g/mol. The highest BCUT2D eigenvalue weighted by Crippen LogP contribution is 2.30. The molecule has 1 aliphatic carbocycles. The van der Waals surface area contributed by atoms with Crippen molar-refractivity contribution in [1.29, 1.82) is 0 Å². The highest BCUT2D eigenvalue weighted by Gasteiger charge is 2.32. The largest absolute Gasteiger partial charge is 0.326 e. The molecule has 1 aliphatic rings. The average Bonchev–Trinajstić information content (AvgIpc) is 3.35. The molecule has 5 nitrogen and oxygen atoms in total. The zero-order valence-electron chi connectivity index (χ0n) is 14.6. The Balaban J connectivity index is 2.06. The molecule has 2 N–H and O–H groups in total. The van der Waals surface area contributed by atoms with Crippen molar-refractivity contribution in [3.8, 4) is 0 Å². The van der Waals surface area contributed by atoms with Crippen LogP contribution in [0.3, 0.4) is 0 Å². The van der Waals surface area contributed by atoms with Gasteiger partial charge >= 0.3 is 6.03 Å². The van der Waals surface area contributed by atoms with E-state index in [0.29, 0.717) is 34.8 Å². The second kappa shape index (κ2) is 8.38. The molecule has 0 unspecified atom stereocenters. The van der Waals surface area contributed by atoms with Gasteiger partial charge < -0.3 is 15.5 Å². The van der Waals surface area contributed by atoms with Gasteiger partial charge in [0.1, 0.15) is 0 Å². The van der Waals surface area contributed by atoms with Crippen molar-refractivity contribution in [2.75, 3.05) is 17.2 Å². The highest BCUT2D eigenvalue weighted by molar-refractivity contribution is 6.33. The molecule has 0 heterocycles. The third kappa shape index (κ3) is 5.41. The van der Waals surface area contributed by atoms with Crippen LogP contribution in [0.2, 0.25) is 5.02 Å². The smallest absolute Gasteiger partial charge is 0.322 e. The van der Waals surface area contributed by atoms with Gasteiger partial charge in [-0.1, -0.05) is 32.4 Å². The fourth-order valence-corrected chi connectivity index (χ4v) is 2.53. The Labute approximate surface area is 148 Å². The molecule has 0 aromatic heterocycles. The van der Waals surface area contributed by atoms with Crippen LogP contribution in [0.25, 0.3) is 0 Å². The van der Waals surface area contributed by atoms with Gasteiger partial charge in [-0.25, -0.2) is 4.79 Å². The maximum absolute atomic E-state index is 12.6. The van der Waals surface area contributed by atoms with Crippen molar-refractivity contribution >= 4 is 34.9 Å². The van der Waals surface area contributed by atoms with Crippen molar-refractivity contribution in [2.45, 2.75) is 52.5 Å². The van der Waals surface area contributed by atoms with E-state index in [0.717, 1.165) is 25.8 Å². The fraction of sp³-hybridized carbons (Fsp3) is 0.556. The number of carbonyl (C=O) groups is 2. The van der Waals surface area contributed by atoms with Crippen molar-refractivity contribution in [1.82, 2.24) is 4.90 Å². The lowest BCUT2D eigenvalue weighted by atomic mass is 10.1.